The Hall–Kier alpha value is -2.88. The molecule has 186 valence electrons. The van der Waals surface area contributed by atoms with Crippen LogP contribution in [0, 0.1) is 5.92 Å². The average molecular weight is 590 g/mol. The van der Waals surface area contributed by atoms with Gasteiger partial charge in [-0.25, -0.2) is 8.42 Å². The van der Waals surface area contributed by atoms with Gasteiger partial charge in [0, 0.05) is 21.1 Å². The van der Waals surface area contributed by atoms with Gasteiger partial charge < -0.3 is 19.5 Å². The summed E-state index contributed by atoms with van der Waals surface area (Å²) in [5.41, 5.74) is 3.21. The normalized spacial score (nSPS) is 21.5. The van der Waals surface area contributed by atoms with Gasteiger partial charge in [-0.05, 0) is 72.0 Å². The topological polar surface area (TPSA) is 85.9 Å². The zero-order valence-electron chi connectivity index (χ0n) is 19.1. The van der Waals surface area contributed by atoms with Crippen molar-refractivity contribution in [3.8, 4) is 17.2 Å². The predicted molar refractivity (Wildman–Crippen MR) is 142 cm³/mol. The van der Waals surface area contributed by atoms with E-state index >= 15 is 0 Å². The predicted octanol–water partition coefficient (Wildman–Crippen LogP) is 6.47. The summed E-state index contributed by atoms with van der Waals surface area (Å²) in [6, 6.07) is 14.0. The van der Waals surface area contributed by atoms with Gasteiger partial charge in [0.15, 0.2) is 11.5 Å². The lowest BCUT2D eigenvalue weighted by Gasteiger charge is -2.38. The Morgan fingerprint density at radius 2 is 1.89 bits per heavy atom. The summed E-state index contributed by atoms with van der Waals surface area (Å²) in [4.78, 5) is 0.173. The number of fused-ring (bicyclic) bond motifs is 4. The second-order valence-corrected chi connectivity index (χ2v) is 11.9. The molecular formula is C26H22BrClN2O5S. The SMILES string of the molecule is COc1ccc(Cl)cc1NS(=O)(=O)c1ccc2c(c1)[C@H]1C=CC[C@H]1[C@@H](c1cc3c(cc1Br)OCO3)N2. The van der Waals surface area contributed by atoms with Crippen molar-refractivity contribution >= 4 is 48.9 Å². The van der Waals surface area contributed by atoms with Crippen LogP contribution in [-0.2, 0) is 10.0 Å². The van der Waals surface area contributed by atoms with Crippen LogP contribution in [-0.4, -0.2) is 22.3 Å². The molecule has 36 heavy (non-hydrogen) atoms. The number of nitrogens with one attached hydrogen (secondary N) is 2. The van der Waals surface area contributed by atoms with Crippen LogP contribution in [0.2, 0.25) is 5.02 Å². The Morgan fingerprint density at radius 1 is 1.08 bits per heavy atom. The molecule has 3 aromatic carbocycles. The minimum atomic E-state index is -3.88. The molecule has 0 bridgehead atoms. The van der Waals surface area contributed by atoms with Crippen molar-refractivity contribution in [1.82, 2.24) is 0 Å². The fourth-order valence-corrected chi connectivity index (χ4v) is 7.02. The zero-order valence-corrected chi connectivity index (χ0v) is 22.3. The number of benzene rings is 3. The Kier molecular flexibility index (Phi) is 5.81. The lowest BCUT2D eigenvalue weighted by Crippen LogP contribution is -2.29. The van der Waals surface area contributed by atoms with Gasteiger partial charge >= 0.3 is 0 Å². The molecule has 7 nitrogen and oxygen atoms in total. The number of anilines is 2. The Labute approximate surface area is 222 Å². The summed E-state index contributed by atoms with van der Waals surface area (Å²) in [6.07, 6.45) is 5.20. The molecule has 0 amide bonds. The quantitative estimate of drug-likeness (QED) is 0.332. The molecule has 0 fully saturated rings. The standard InChI is InChI=1S/C26H22BrClN2O5S/c1-33-23-8-5-14(28)9-22(23)30-36(31,32)15-6-7-21-18(10-15)16-3-2-4-17(16)26(29-21)19-11-24-25(12-20(19)27)35-13-34-24/h2-3,5-12,16-17,26,29-30H,4,13H2,1H3/t16-,17+,26-/m0/s1. The molecule has 0 spiro atoms. The highest BCUT2D eigenvalue weighted by atomic mass is 79.9. The van der Waals surface area contributed by atoms with Gasteiger partial charge in [-0.2, -0.15) is 0 Å². The summed E-state index contributed by atoms with van der Waals surface area (Å²) in [6.45, 7) is 0.214. The molecule has 1 aliphatic carbocycles. The molecule has 0 saturated heterocycles. The average Bonchev–Trinajstić information content (AvgIpc) is 3.52. The van der Waals surface area contributed by atoms with Crippen LogP contribution in [0.25, 0.3) is 0 Å². The second-order valence-electron chi connectivity index (χ2n) is 8.90. The first kappa shape index (κ1) is 23.5. The molecule has 0 aromatic heterocycles. The maximum absolute atomic E-state index is 13.3. The summed E-state index contributed by atoms with van der Waals surface area (Å²) >= 11 is 9.79. The lowest BCUT2D eigenvalue weighted by molar-refractivity contribution is 0.174. The summed E-state index contributed by atoms with van der Waals surface area (Å²) in [5.74, 6) is 2.12. The highest BCUT2D eigenvalue weighted by molar-refractivity contribution is 9.10. The molecule has 3 aromatic rings. The molecule has 2 N–H and O–H groups in total. The monoisotopic (exact) mass is 588 g/mol. The third-order valence-corrected chi connectivity index (χ3v) is 9.16. The fourth-order valence-electron chi connectivity index (χ4n) is 5.18. The van der Waals surface area contributed by atoms with Gasteiger partial charge in [0.1, 0.15) is 5.75 Å². The minimum absolute atomic E-state index is 0.0117. The van der Waals surface area contributed by atoms with E-state index in [0.29, 0.717) is 10.8 Å². The van der Waals surface area contributed by atoms with Crippen molar-refractivity contribution < 1.29 is 22.6 Å². The van der Waals surface area contributed by atoms with Crippen LogP contribution in [0.5, 0.6) is 17.2 Å². The van der Waals surface area contributed by atoms with Crippen molar-refractivity contribution in [3.63, 3.8) is 0 Å². The van der Waals surface area contributed by atoms with Crippen molar-refractivity contribution in [2.45, 2.75) is 23.3 Å². The molecule has 0 saturated carbocycles. The Bertz CT molecular complexity index is 1510. The third-order valence-electron chi connectivity index (χ3n) is 6.88. The molecule has 2 aliphatic heterocycles. The van der Waals surface area contributed by atoms with E-state index in [2.05, 4.69) is 38.1 Å². The van der Waals surface area contributed by atoms with E-state index in [1.165, 1.54) is 13.2 Å². The zero-order chi connectivity index (χ0) is 25.0. The highest BCUT2D eigenvalue weighted by Crippen LogP contribution is 2.52. The van der Waals surface area contributed by atoms with Gasteiger partial charge in [0.05, 0.1) is 23.7 Å². The van der Waals surface area contributed by atoms with Crippen molar-refractivity contribution in [2.24, 2.45) is 5.92 Å². The highest BCUT2D eigenvalue weighted by Gasteiger charge is 2.40. The van der Waals surface area contributed by atoms with Crippen LogP contribution in [0.1, 0.15) is 29.5 Å². The van der Waals surface area contributed by atoms with Crippen molar-refractivity contribution in [2.75, 3.05) is 23.9 Å². The van der Waals surface area contributed by atoms with Gasteiger partial charge in [0.2, 0.25) is 6.79 Å². The van der Waals surface area contributed by atoms with Crippen molar-refractivity contribution in [1.29, 1.82) is 0 Å². The minimum Gasteiger partial charge on any atom is -0.495 e. The van der Waals surface area contributed by atoms with Crippen LogP contribution in [0.3, 0.4) is 0 Å². The molecule has 10 heteroatoms. The molecule has 0 radical (unpaired) electrons. The van der Waals surface area contributed by atoms with E-state index in [1.54, 1.807) is 24.3 Å². The maximum atomic E-state index is 13.3. The summed E-state index contributed by atoms with van der Waals surface area (Å²) < 4.78 is 46.6. The number of ether oxygens (including phenoxy) is 3. The van der Waals surface area contributed by atoms with E-state index in [9.17, 15) is 8.42 Å². The first-order valence-electron chi connectivity index (χ1n) is 11.4. The van der Waals surface area contributed by atoms with E-state index in [1.807, 2.05) is 18.2 Å². The lowest BCUT2D eigenvalue weighted by atomic mass is 9.77. The largest absolute Gasteiger partial charge is 0.495 e. The summed E-state index contributed by atoms with van der Waals surface area (Å²) in [5, 5.41) is 4.06. The van der Waals surface area contributed by atoms with Crippen LogP contribution in [0.15, 0.2) is 70.1 Å². The number of allylic oxidation sites excluding steroid dienone is 2. The number of halogens is 2. The van der Waals surface area contributed by atoms with Crippen molar-refractivity contribution in [3.05, 3.63) is 81.3 Å². The van der Waals surface area contributed by atoms with Gasteiger partial charge in [-0.15, -0.1) is 0 Å². The smallest absolute Gasteiger partial charge is 0.262 e. The molecule has 3 aliphatic rings. The van der Waals surface area contributed by atoms with Gasteiger partial charge in [0.25, 0.3) is 10.0 Å². The maximum Gasteiger partial charge on any atom is 0.262 e. The summed E-state index contributed by atoms with van der Waals surface area (Å²) in [7, 11) is -2.40. The van der Waals surface area contributed by atoms with Crippen LogP contribution >= 0.6 is 27.5 Å². The fraction of sp³-hybridized carbons (Fsp3) is 0.231. The Balaban J connectivity index is 1.35. The van der Waals surface area contributed by atoms with E-state index in [-0.39, 0.29) is 35.3 Å². The first-order chi connectivity index (χ1) is 17.3. The number of rotatable bonds is 5. The number of methoxy groups -OCH3 is 1. The molecule has 2 heterocycles. The first-order valence-corrected chi connectivity index (χ1v) is 14.0. The number of hydrogen-bond donors (Lipinski definition) is 2. The van der Waals surface area contributed by atoms with Crippen LogP contribution < -0.4 is 24.2 Å². The van der Waals surface area contributed by atoms with E-state index < -0.39 is 10.0 Å². The van der Waals surface area contributed by atoms with Gasteiger partial charge in [-0.1, -0.05) is 39.7 Å². The molecule has 3 atom stereocenters. The van der Waals surface area contributed by atoms with Crippen LogP contribution in [0.4, 0.5) is 11.4 Å². The number of sulfonamides is 1. The number of hydrogen-bond acceptors (Lipinski definition) is 6. The Morgan fingerprint density at radius 3 is 2.69 bits per heavy atom. The van der Waals surface area contributed by atoms with E-state index in [0.717, 1.165) is 39.2 Å². The molecule has 0 unspecified atom stereocenters. The third kappa shape index (κ3) is 3.99. The molecule has 6 rings (SSSR count). The van der Waals surface area contributed by atoms with Gasteiger partial charge in [-0.3, -0.25) is 4.72 Å². The molecular weight excluding hydrogens is 568 g/mol. The second kappa shape index (κ2) is 8.90. The van der Waals surface area contributed by atoms with E-state index in [4.69, 9.17) is 25.8 Å².